The maximum Gasteiger partial charge on any atom is 0.254 e. The van der Waals surface area contributed by atoms with E-state index in [1.807, 2.05) is 4.90 Å². The van der Waals surface area contributed by atoms with E-state index in [1.54, 1.807) is 18.2 Å². The average Bonchev–Trinajstić information content (AvgIpc) is 2.59. The van der Waals surface area contributed by atoms with Gasteiger partial charge in [-0.05, 0) is 37.0 Å². The van der Waals surface area contributed by atoms with Gasteiger partial charge in [0.1, 0.15) is 13.2 Å². The third kappa shape index (κ3) is 3.75. The number of piperidine rings is 1. The zero-order valence-electron chi connectivity index (χ0n) is 13.3. The highest BCUT2D eigenvalue weighted by Gasteiger charge is 2.25. The number of nitrogens with zero attached hydrogens (tertiary/aromatic N) is 1. The summed E-state index contributed by atoms with van der Waals surface area (Å²) in [5, 5.41) is 2.84. The minimum atomic E-state index is -0.0275. The summed E-state index contributed by atoms with van der Waals surface area (Å²) in [7, 11) is 0. The van der Waals surface area contributed by atoms with Crippen LogP contribution in [0.2, 0.25) is 0 Å². The second kappa shape index (κ2) is 6.89. The van der Waals surface area contributed by atoms with E-state index in [1.165, 1.54) is 6.92 Å². The number of fused-ring (bicyclic) bond motifs is 1. The van der Waals surface area contributed by atoms with Crippen LogP contribution in [0.1, 0.15) is 30.1 Å². The minimum absolute atomic E-state index is 0.00879. The van der Waals surface area contributed by atoms with Crippen LogP contribution in [0, 0.1) is 5.92 Å². The predicted octanol–water partition coefficient (Wildman–Crippen LogP) is 1.45. The molecule has 2 aliphatic rings. The van der Waals surface area contributed by atoms with Gasteiger partial charge in [-0.15, -0.1) is 0 Å². The van der Waals surface area contributed by atoms with Crippen LogP contribution in [0.3, 0.4) is 0 Å². The summed E-state index contributed by atoms with van der Waals surface area (Å²) in [5.41, 5.74) is 0.620. The van der Waals surface area contributed by atoms with Crippen molar-refractivity contribution in [3.8, 4) is 11.5 Å². The van der Waals surface area contributed by atoms with Crippen molar-refractivity contribution in [2.24, 2.45) is 5.92 Å². The Labute approximate surface area is 135 Å². The molecule has 1 unspecified atom stereocenters. The van der Waals surface area contributed by atoms with Crippen LogP contribution in [-0.2, 0) is 4.79 Å². The first-order chi connectivity index (χ1) is 11.1. The molecule has 1 atom stereocenters. The number of benzene rings is 1. The van der Waals surface area contributed by atoms with Crippen LogP contribution in [0.25, 0.3) is 0 Å². The molecule has 0 radical (unpaired) electrons. The molecule has 1 fully saturated rings. The Hall–Kier alpha value is -2.24. The summed E-state index contributed by atoms with van der Waals surface area (Å²) < 4.78 is 11.0. The molecule has 1 aromatic carbocycles. The molecule has 2 amide bonds. The zero-order valence-corrected chi connectivity index (χ0v) is 13.3. The summed E-state index contributed by atoms with van der Waals surface area (Å²) in [5.74, 6) is 1.62. The molecule has 2 heterocycles. The van der Waals surface area contributed by atoms with Crippen LogP contribution in [0.5, 0.6) is 11.5 Å². The number of carbonyl (C=O) groups excluding carboxylic acids is 2. The van der Waals surface area contributed by atoms with E-state index < -0.39 is 0 Å². The van der Waals surface area contributed by atoms with Crippen molar-refractivity contribution in [3.63, 3.8) is 0 Å². The van der Waals surface area contributed by atoms with Gasteiger partial charge in [-0.2, -0.15) is 0 Å². The van der Waals surface area contributed by atoms with E-state index in [0.29, 0.717) is 49.3 Å². The smallest absolute Gasteiger partial charge is 0.254 e. The summed E-state index contributed by atoms with van der Waals surface area (Å²) in [6, 6.07) is 5.34. The number of hydrogen-bond donors (Lipinski definition) is 1. The van der Waals surface area contributed by atoms with Gasteiger partial charge in [0.15, 0.2) is 11.5 Å². The van der Waals surface area contributed by atoms with Crippen LogP contribution in [-0.4, -0.2) is 49.6 Å². The molecule has 6 heteroatoms. The second-order valence-electron chi connectivity index (χ2n) is 6.05. The summed E-state index contributed by atoms with van der Waals surface area (Å²) in [6.45, 7) is 4.61. The molecule has 0 aromatic heterocycles. The van der Waals surface area contributed by atoms with Crippen LogP contribution in [0.4, 0.5) is 0 Å². The average molecular weight is 318 g/mol. The predicted molar refractivity (Wildman–Crippen MR) is 84.7 cm³/mol. The van der Waals surface area contributed by atoms with E-state index >= 15 is 0 Å². The Kier molecular flexibility index (Phi) is 4.69. The van der Waals surface area contributed by atoms with E-state index in [-0.39, 0.29) is 11.8 Å². The van der Waals surface area contributed by atoms with Crippen LogP contribution < -0.4 is 14.8 Å². The molecule has 0 saturated carbocycles. The van der Waals surface area contributed by atoms with Crippen molar-refractivity contribution < 1.29 is 19.1 Å². The number of ether oxygens (including phenoxy) is 2. The van der Waals surface area contributed by atoms with E-state index in [0.717, 1.165) is 19.4 Å². The third-order valence-electron chi connectivity index (χ3n) is 4.24. The topological polar surface area (TPSA) is 67.9 Å². The van der Waals surface area contributed by atoms with Crippen molar-refractivity contribution >= 4 is 11.8 Å². The number of likely N-dealkylation sites (tertiary alicyclic amines) is 1. The second-order valence-corrected chi connectivity index (χ2v) is 6.05. The molecular weight excluding hydrogens is 296 g/mol. The largest absolute Gasteiger partial charge is 0.486 e. The Morgan fingerprint density at radius 3 is 2.83 bits per heavy atom. The summed E-state index contributed by atoms with van der Waals surface area (Å²) in [6.07, 6.45) is 1.99. The SMILES string of the molecule is CC(=O)NCC1CCCN(C(=O)c2ccc3c(c2)OCCO3)C1. The lowest BCUT2D eigenvalue weighted by Crippen LogP contribution is -2.43. The number of amides is 2. The molecule has 1 N–H and O–H groups in total. The van der Waals surface area contributed by atoms with Gasteiger partial charge in [0.2, 0.25) is 5.91 Å². The Morgan fingerprint density at radius 1 is 1.26 bits per heavy atom. The number of nitrogens with one attached hydrogen (secondary N) is 1. The Balaban J connectivity index is 1.66. The third-order valence-corrected chi connectivity index (χ3v) is 4.24. The van der Waals surface area contributed by atoms with Gasteiger partial charge in [-0.1, -0.05) is 0 Å². The molecular formula is C17H22N2O4. The van der Waals surface area contributed by atoms with E-state index in [2.05, 4.69) is 5.32 Å². The fourth-order valence-corrected chi connectivity index (χ4v) is 3.06. The van der Waals surface area contributed by atoms with E-state index in [9.17, 15) is 9.59 Å². The standard InChI is InChI=1S/C17H22N2O4/c1-12(20)18-10-13-3-2-6-19(11-13)17(21)14-4-5-15-16(9-14)23-8-7-22-15/h4-5,9,13H,2-3,6-8,10-11H2,1H3,(H,18,20). The zero-order chi connectivity index (χ0) is 16.2. The molecule has 0 bridgehead atoms. The molecule has 124 valence electrons. The van der Waals surface area contributed by atoms with Crippen molar-refractivity contribution in [3.05, 3.63) is 23.8 Å². The molecule has 3 rings (SSSR count). The molecule has 6 nitrogen and oxygen atoms in total. The van der Waals surface area contributed by atoms with Crippen molar-refractivity contribution in [2.45, 2.75) is 19.8 Å². The Bertz CT molecular complexity index is 602. The first kappa shape index (κ1) is 15.6. The highest BCUT2D eigenvalue weighted by molar-refractivity contribution is 5.95. The maximum absolute atomic E-state index is 12.7. The van der Waals surface area contributed by atoms with Gasteiger partial charge in [-0.25, -0.2) is 0 Å². The first-order valence-corrected chi connectivity index (χ1v) is 8.07. The molecule has 1 aromatic rings. The highest BCUT2D eigenvalue weighted by Crippen LogP contribution is 2.31. The number of carbonyl (C=O) groups is 2. The molecule has 23 heavy (non-hydrogen) atoms. The number of hydrogen-bond acceptors (Lipinski definition) is 4. The first-order valence-electron chi connectivity index (χ1n) is 8.07. The van der Waals surface area contributed by atoms with Gasteiger partial charge in [0.25, 0.3) is 5.91 Å². The molecule has 0 aliphatic carbocycles. The van der Waals surface area contributed by atoms with Crippen molar-refractivity contribution in [1.29, 1.82) is 0 Å². The highest BCUT2D eigenvalue weighted by atomic mass is 16.6. The lowest BCUT2D eigenvalue weighted by molar-refractivity contribution is -0.119. The normalized spacial score (nSPS) is 20.0. The monoisotopic (exact) mass is 318 g/mol. The minimum Gasteiger partial charge on any atom is -0.486 e. The molecule has 0 spiro atoms. The summed E-state index contributed by atoms with van der Waals surface area (Å²) in [4.78, 5) is 25.6. The van der Waals surface area contributed by atoms with Gasteiger partial charge >= 0.3 is 0 Å². The Morgan fingerprint density at radius 2 is 2.04 bits per heavy atom. The summed E-state index contributed by atoms with van der Waals surface area (Å²) >= 11 is 0. The quantitative estimate of drug-likeness (QED) is 0.916. The van der Waals surface area contributed by atoms with Crippen LogP contribution >= 0.6 is 0 Å². The van der Waals surface area contributed by atoms with E-state index in [4.69, 9.17) is 9.47 Å². The van der Waals surface area contributed by atoms with Crippen LogP contribution in [0.15, 0.2) is 18.2 Å². The van der Waals surface area contributed by atoms with Gasteiger partial charge in [0, 0.05) is 32.1 Å². The molecule has 1 saturated heterocycles. The fraction of sp³-hybridized carbons (Fsp3) is 0.529. The van der Waals surface area contributed by atoms with Crippen molar-refractivity contribution in [2.75, 3.05) is 32.8 Å². The fourth-order valence-electron chi connectivity index (χ4n) is 3.06. The van der Waals surface area contributed by atoms with Crippen molar-refractivity contribution in [1.82, 2.24) is 10.2 Å². The maximum atomic E-state index is 12.7. The van der Waals surface area contributed by atoms with Gasteiger partial charge in [0.05, 0.1) is 0 Å². The van der Waals surface area contributed by atoms with Gasteiger partial charge < -0.3 is 19.7 Å². The molecule has 2 aliphatic heterocycles. The lowest BCUT2D eigenvalue weighted by Gasteiger charge is -2.33. The lowest BCUT2D eigenvalue weighted by atomic mass is 9.97. The number of rotatable bonds is 3. The van der Waals surface area contributed by atoms with Gasteiger partial charge in [-0.3, -0.25) is 9.59 Å².